The molecule has 2 aromatic rings. The Morgan fingerprint density at radius 3 is 1.90 bits per heavy atom. The van der Waals surface area contributed by atoms with Crippen LogP contribution in [0.1, 0.15) is 11.1 Å². The van der Waals surface area contributed by atoms with Crippen LogP contribution in [0.2, 0.25) is 0 Å². The second kappa shape index (κ2) is 6.55. The Balaban J connectivity index is 0.00000147. The molecule has 3 rings (SSSR count). The van der Waals surface area contributed by atoms with E-state index in [1.807, 2.05) is 24.4 Å². The molecule has 0 spiro atoms. The van der Waals surface area contributed by atoms with Crippen molar-refractivity contribution < 1.29 is 0 Å². The summed E-state index contributed by atoms with van der Waals surface area (Å²) in [6.45, 7) is 0. The molecule has 0 aliphatic carbocycles. The number of rotatable bonds is 2. The lowest BCUT2D eigenvalue weighted by molar-refractivity contribution is 1.22. The summed E-state index contributed by atoms with van der Waals surface area (Å²) in [6, 6.07) is 20.8. The first-order valence-electron chi connectivity index (χ1n) is 6.40. The fraction of sp³-hybridized carbons (Fsp3) is 0. The maximum absolute atomic E-state index is 3.38. The van der Waals surface area contributed by atoms with Crippen molar-refractivity contribution in [1.29, 1.82) is 0 Å². The third kappa shape index (κ3) is 2.87. The number of benzene rings is 2. The van der Waals surface area contributed by atoms with Crippen molar-refractivity contribution in [2.24, 2.45) is 0 Å². The van der Waals surface area contributed by atoms with E-state index >= 15 is 0 Å². The number of hydrogen-bond acceptors (Lipinski definition) is 1. The van der Waals surface area contributed by atoms with Gasteiger partial charge >= 0.3 is 0 Å². The lowest BCUT2D eigenvalue weighted by atomic mass is 9.99. The Morgan fingerprint density at radius 2 is 1.25 bits per heavy atom. The van der Waals surface area contributed by atoms with Crippen molar-refractivity contribution in [1.82, 2.24) is 11.5 Å². The Bertz CT molecular complexity index is 638. The standard InChI is InChI=1S/C18H15N.N/c1-3-9-15(10-4-1)17-13-7-8-14-19-18(17)16-11-5-2-6-12-16;/h1-14,19H;. The molecule has 20 heavy (non-hydrogen) atoms. The van der Waals surface area contributed by atoms with Crippen molar-refractivity contribution in [3.05, 3.63) is 96.2 Å². The zero-order valence-electron chi connectivity index (χ0n) is 11.0. The average molecular weight is 259 g/mol. The van der Waals surface area contributed by atoms with Crippen molar-refractivity contribution >= 4 is 11.3 Å². The molecule has 1 N–H and O–H groups in total. The molecule has 97 valence electrons. The van der Waals surface area contributed by atoms with Crippen LogP contribution in [0.5, 0.6) is 0 Å². The van der Waals surface area contributed by atoms with Gasteiger partial charge in [0.05, 0.1) is 5.70 Å². The summed E-state index contributed by atoms with van der Waals surface area (Å²) in [5.41, 5.74) is 4.75. The SMILES string of the molecule is C1=CNC(c2ccccc2)=C(c2ccccc2)C=C1.[N]. The molecular formula is C18H15N2. The normalized spacial score (nSPS) is 13.4. The quantitative estimate of drug-likeness (QED) is 0.877. The van der Waals surface area contributed by atoms with Crippen LogP contribution < -0.4 is 11.5 Å². The van der Waals surface area contributed by atoms with Gasteiger partial charge in [0, 0.05) is 17.9 Å². The minimum atomic E-state index is 0. The smallest absolute Gasteiger partial charge is 0.0533 e. The van der Waals surface area contributed by atoms with Crippen LogP contribution in [0.4, 0.5) is 0 Å². The van der Waals surface area contributed by atoms with E-state index < -0.39 is 0 Å². The molecule has 1 heterocycles. The molecule has 2 nitrogen and oxygen atoms in total. The molecule has 2 aromatic carbocycles. The summed E-state index contributed by atoms with van der Waals surface area (Å²) in [5.74, 6) is 0. The molecular weight excluding hydrogens is 244 g/mol. The highest BCUT2D eigenvalue weighted by molar-refractivity contribution is 5.95. The monoisotopic (exact) mass is 259 g/mol. The topological polar surface area (TPSA) is 42.5 Å². The summed E-state index contributed by atoms with van der Waals surface area (Å²) >= 11 is 0. The van der Waals surface area contributed by atoms with Crippen LogP contribution in [0.15, 0.2) is 85.1 Å². The first-order valence-corrected chi connectivity index (χ1v) is 6.40. The van der Waals surface area contributed by atoms with E-state index in [4.69, 9.17) is 0 Å². The number of allylic oxidation sites excluding steroid dienone is 4. The number of nitrogens with one attached hydrogen (secondary N) is 1. The maximum atomic E-state index is 3.38. The van der Waals surface area contributed by atoms with Gasteiger partial charge in [-0.1, -0.05) is 72.8 Å². The third-order valence-electron chi connectivity index (χ3n) is 3.11. The largest absolute Gasteiger partial charge is 0.361 e. The van der Waals surface area contributed by atoms with Gasteiger partial charge in [0.2, 0.25) is 0 Å². The van der Waals surface area contributed by atoms with Gasteiger partial charge in [0.15, 0.2) is 0 Å². The summed E-state index contributed by atoms with van der Waals surface area (Å²) in [6.07, 6.45) is 8.19. The second-order valence-electron chi connectivity index (χ2n) is 4.38. The molecule has 0 amide bonds. The molecule has 0 fully saturated rings. The summed E-state index contributed by atoms with van der Waals surface area (Å²) in [7, 11) is 0. The molecule has 0 unspecified atom stereocenters. The van der Waals surface area contributed by atoms with Crippen molar-refractivity contribution in [3.63, 3.8) is 0 Å². The first-order chi connectivity index (χ1) is 9.45. The molecule has 1 aliphatic rings. The zero-order valence-corrected chi connectivity index (χ0v) is 11.0. The van der Waals surface area contributed by atoms with E-state index in [1.165, 1.54) is 16.7 Å². The highest BCUT2D eigenvalue weighted by Crippen LogP contribution is 2.26. The van der Waals surface area contributed by atoms with Gasteiger partial charge in [-0.3, -0.25) is 0 Å². The number of hydrogen-bond donors (Lipinski definition) is 1. The average Bonchev–Trinajstić information content (AvgIpc) is 2.75. The minimum Gasteiger partial charge on any atom is -0.361 e. The fourth-order valence-electron chi connectivity index (χ4n) is 2.20. The molecule has 3 radical (unpaired) electrons. The molecule has 2 heteroatoms. The Morgan fingerprint density at radius 1 is 0.650 bits per heavy atom. The molecule has 0 bridgehead atoms. The summed E-state index contributed by atoms with van der Waals surface area (Å²) < 4.78 is 0. The minimum absolute atomic E-state index is 0. The molecule has 0 saturated heterocycles. The van der Waals surface area contributed by atoms with Crippen LogP contribution in [-0.2, 0) is 0 Å². The molecule has 0 aromatic heterocycles. The van der Waals surface area contributed by atoms with E-state index in [1.54, 1.807) is 0 Å². The second-order valence-corrected chi connectivity index (χ2v) is 4.38. The van der Waals surface area contributed by atoms with Gasteiger partial charge in [-0.15, -0.1) is 0 Å². The summed E-state index contributed by atoms with van der Waals surface area (Å²) in [4.78, 5) is 0. The third-order valence-corrected chi connectivity index (χ3v) is 3.11. The molecule has 0 atom stereocenters. The van der Waals surface area contributed by atoms with Crippen molar-refractivity contribution in [3.8, 4) is 0 Å². The zero-order chi connectivity index (χ0) is 12.9. The van der Waals surface area contributed by atoms with E-state index in [2.05, 4.69) is 66.0 Å². The highest BCUT2D eigenvalue weighted by atomic mass is 14.9. The van der Waals surface area contributed by atoms with Gasteiger partial charge in [-0.25, -0.2) is 0 Å². The van der Waals surface area contributed by atoms with Gasteiger partial charge in [0.25, 0.3) is 0 Å². The lowest BCUT2D eigenvalue weighted by Gasteiger charge is -2.12. The number of nitrogens with zero attached hydrogens (tertiary/aromatic N) is 1. The molecule has 1 aliphatic heterocycles. The predicted octanol–water partition coefficient (Wildman–Crippen LogP) is 3.75. The predicted molar refractivity (Wildman–Crippen MR) is 83.2 cm³/mol. The van der Waals surface area contributed by atoms with Gasteiger partial charge < -0.3 is 5.32 Å². The van der Waals surface area contributed by atoms with Crippen LogP contribution in [0, 0.1) is 0 Å². The Hall–Kier alpha value is -2.58. The highest BCUT2D eigenvalue weighted by Gasteiger charge is 2.09. The maximum Gasteiger partial charge on any atom is 0.0533 e. The lowest BCUT2D eigenvalue weighted by Crippen LogP contribution is -2.05. The van der Waals surface area contributed by atoms with Crippen molar-refractivity contribution in [2.45, 2.75) is 0 Å². The van der Waals surface area contributed by atoms with Crippen molar-refractivity contribution in [2.75, 3.05) is 0 Å². The van der Waals surface area contributed by atoms with Gasteiger partial charge in [-0.2, -0.15) is 0 Å². The van der Waals surface area contributed by atoms with Gasteiger partial charge in [-0.05, 0) is 17.2 Å². The Labute approximate surface area is 119 Å². The summed E-state index contributed by atoms with van der Waals surface area (Å²) in [5, 5.41) is 3.38. The van der Waals surface area contributed by atoms with E-state index in [9.17, 15) is 0 Å². The van der Waals surface area contributed by atoms with E-state index in [0.717, 1.165) is 5.70 Å². The first kappa shape index (κ1) is 13.8. The van der Waals surface area contributed by atoms with E-state index in [-0.39, 0.29) is 6.15 Å². The van der Waals surface area contributed by atoms with Crippen LogP contribution >= 0.6 is 0 Å². The van der Waals surface area contributed by atoms with Crippen LogP contribution in [0.25, 0.3) is 11.3 Å². The van der Waals surface area contributed by atoms with Crippen LogP contribution in [0.3, 0.4) is 0 Å². The fourth-order valence-corrected chi connectivity index (χ4v) is 2.20. The van der Waals surface area contributed by atoms with Gasteiger partial charge in [0.1, 0.15) is 0 Å². The Kier molecular flexibility index (Phi) is 4.53. The van der Waals surface area contributed by atoms with Crippen LogP contribution in [-0.4, -0.2) is 0 Å². The molecule has 0 saturated carbocycles. The van der Waals surface area contributed by atoms with E-state index in [0.29, 0.717) is 0 Å².